The van der Waals surface area contributed by atoms with Gasteiger partial charge in [-0.1, -0.05) is 0 Å². The lowest BCUT2D eigenvalue weighted by Crippen LogP contribution is -2.29. The first-order chi connectivity index (χ1) is 10.1. The van der Waals surface area contributed by atoms with Crippen LogP contribution in [0.25, 0.3) is 10.6 Å². The second-order valence-electron chi connectivity index (χ2n) is 4.65. The monoisotopic (exact) mass is 308 g/mol. The van der Waals surface area contributed by atoms with E-state index in [-0.39, 0.29) is 18.7 Å². The van der Waals surface area contributed by atoms with Gasteiger partial charge >= 0.3 is 5.97 Å². The van der Waals surface area contributed by atoms with Crippen LogP contribution < -0.4 is 0 Å². The van der Waals surface area contributed by atoms with Crippen LogP contribution in [-0.4, -0.2) is 40.5 Å². The molecule has 0 saturated heterocycles. The molecule has 0 bridgehead atoms. The number of hydrogen-bond acceptors (Lipinski definition) is 5. The number of carbonyl (C=O) groups excluding carboxylic acids is 1. The summed E-state index contributed by atoms with van der Waals surface area (Å²) in [6, 6.07) is 1.82. The van der Waals surface area contributed by atoms with Crippen molar-refractivity contribution in [3.8, 4) is 10.6 Å². The molecule has 0 radical (unpaired) electrons. The molecule has 2 aromatic heterocycles. The fraction of sp³-hybridized carbons (Fsp3) is 0.357. The van der Waals surface area contributed by atoms with Crippen LogP contribution in [0, 0.1) is 0 Å². The molecule has 0 aliphatic heterocycles. The number of amides is 1. The predicted molar refractivity (Wildman–Crippen MR) is 78.0 cm³/mol. The average molecular weight is 308 g/mol. The SMILES string of the molecule is CN(CCCC(=O)O)C(=O)Cc1csc(-c2ccoc2)n1. The lowest BCUT2D eigenvalue weighted by molar-refractivity contribution is -0.138. The second-order valence-corrected chi connectivity index (χ2v) is 5.50. The number of carboxylic acids is 1. The van der Waals surface area contributed by atoms with Gasteiger partial charge in [0.05, 0.1) is 18.4 Å². The Morgan fingerprint density at radius 3 is 2.95 bits per heavy atom. The number of aliphatic carboxylic acids is 1. The minimum Gasteiger partial charge on any atom is -0.481 e. The largest absolute Gasteiger partial charge is 0.481 e. The van der Waals surface area contributed by atoms with E-state index in [9.17, 15) is 9.59 Å². The molecule has 2 aromatic rings. The first kappa shape index (κ1) is 15.2. The van der Waals surface area contributed by atoms with E-state index in [1.807, 2.05) is 11.4 Å². The highest BCUT2D eigenvalue weighted by Crippen LogP contribution is 2.24. The van der Waals surface area contributed by atoms with Crippen LogP contribution in [0.4, 0.5) is 0 Å². The van der Waals surface area contributed by atoms with Crippen molar-refractivity contribution >= 4 is 23.2 Å². The Labute approximate surface area is 126 Å². The number of aromatic nitrogens is 1. The third-order valence-electron chi connectivity index (χ3n) is 2.96. The van der Waals surface area contributed by atoms with Crippen LogP contribution in [0.2, 0.25) is 0 Å². The molecule has 7 heteroatoms. The van der Waals surface area contributed by atoms with E-state index < -0.39 is 5.97 Å². The molecule has 0 aromatic carbocycles. The minimum absolute atomic E-state index is 0.0653. The number of rotatable bonds is 7. The number of likely N-dealkylation sites (N-methyl/N-ethyl adjacent to an activating group) is 1. The van der Waals surface area contributed by atoms with E-state index in [1.165, 1.54) is 11.3 Å². The molecule has 0 atom stereocenters. The number of hydrogen-bond donors (Lipinski definition) is 1. The van der Waals surface area contributed by atoms with Crippen LogP contribution in [0.15, 0.2) is 28.4 Å². The van der Waals surface area contributed by atoms with Gasteiger partial charge in [-0.05, 0) is 12.5 Å². The van der Waals surface area contributed by atoms with Crippen molar-refractivity contribution in [1.82, 2.24) is 9.88 Å². The highest BCUT2D eigenvalue weighted by molar-refractivity contribution is 7.13. The van der Waals surface area contributed by atoms with Crippen molar-refractivity contribution in [3.63, 3.8) is 0 Å². The summed E-state index contributed by atoms with van der Waals surface area (Å²) in [7, 11) is 1.67. The average Bonchev–Trinajstić information content (AvgIpc) is 3.07. The maximum atomic E-state index is 12.0. The van der Waals surface area contributed by atoms with E-state index in [0.29, 0.717) is 18.7 Å². The third-order valence-corrected chi connectivity index (χ3v) is 3.90. The normalized spacial score (nSPS) is 10.5. The summed E-state index contributed by atoms with van der Waals surface area (Å²) in [5.74, 6) is -0.912. The molecule has 0 aliphatic rings. The molecule has 0 unspecified atom stereocenters. The summed E-state index contributed by atoms with van der Waals surface area (Å²) in [6.45, 7) is 0.434. The lowest BCUT2D eigenvalue weighted by Gasteiger charge is -2.15. The third kappa shape index (κ3) is 4.42. The van der Waals surface area contributed by atoms with Crippen LogP contribution >= 0.6 is 11.3 Å². The highest BCUT2D eigenvalue weighted by Gasteiger charge is 2.13. The Morgan fingerprint density at radius 2 is 2.29 bits per heavy atom. The molecule has 2 heterocycles. The zero-order valence-electron chi connectivity index (χ0n) is 11.6. The van der Waals surface area contributed by atoms with Crippen LogP contribution in [0.5, 0.6) is 0 Å². The maximum Gasteiger partial charge on any atom is 0.303 e. The molecule has 0 spiro atoms. The lowest BCUT2D eigenvalue weighted by atomic mass is 10.2. The summed E-state index contributed by atoms with van der Waals surface area (Å²) in [6.07, 6.45) is 3.94. The fourth-order valence-corrected chi connectivity index (χ4v) is 2.59. The zero-order chi connectivity index (χ0) is 15.2. The van der Waals surface area contributed by atoms with Crippen molar-refractivity contribution in [3.05, 3.63) is 29.7 Å². The molecule has 1 amide bonds. The van der Waals surface area contributed by atoms with Crippen molar-refractivity contribution in [2.24, 2.45) is 0 Å². The molecule has 0 fully saturated rings. The highest BCUT2D eigenvalue weighted by atomic mass is 32.1. The maximum absolute atomic E-state index is 12.0. The van der Waals surface area contributed by atoms with Crippen molar-refractivity contribution in [1.29, 1.82) is 0 Å². The molecule has 0 aliphatic carbocycles. The number of furan rings is 1. The van der Waals surface area contributed by atoms with E-state index in [2.05, 4.69) is 4.98 Å². The van der Waals surface area contributed by atoms with Gasteiger partial charge in [-0.15, -0.1) is 11.3 Å². The van der Waals surface area contributed by atoms with Gasteiger partial charge in [-0.25, -0.2) is 4.98 Å². The molecule has 0 saturated carbocycles. The standard InChI is InChI=1S/C14H16N2O4S/c1-16(5-2-3-13(18)19)12(17)7-11-9-21-14(15-11)10-4-6-20-8-10/h4,6,8-9H,2-3,5,7H2,1H3,(H,18,19). The van der Waals surface area contributed by atoms with E-state index in [4.69, 9.17) is 9.52 Å². The summed E-state index contributed by atoms with van der Waals surface area (Å²) >= 11 is 1.46. The first-order valence-electron chi connectivity index (χ1n) is 6.49. The van der Waals surface area contributed by atoms with Crippen LogP contribution in [0.1, 0.15) is 18.5 Å². The van der Waals surface area contributed by atoms with Gasteiger partial charge in [0, 0.05) is 31.0 Å². The van der Waals surface area contributed by atoms with Crippen LogP contribution in [0.3, 0.4) is 0 Å². The molecule has 2 rings (SSSR count). The summed E-state index contributed by atoms with van der Waals surface area (Å²) in [5.41, 5.74) is 1.61. The van der Waals surface area contributed by atoms with E-state index in [0.717, 1.165) is 10.6 Å². The Balaban J connectivity index is 1.86. The van der Waals surface area contributed by atoms with Crippen LogP contribution in [-0.2, 0) is 16.0 Å². The Morgan fingerprint density at radius 1 is 1.48 bits per heavy atom. The number of carbonyl (C=O) groups is 2. The quantitative estimate of drug-likeness (QED) is 0.848. The van der Waals surface area contributed by atoms with Crippen molar-refractivity contribution in [2.75, 3.05) is 13.6 Å². The minimum atomic E-state index is -0.847. The van der Waals surface area contributed by atoms with Gasteiger partial charge in [-0.2, -0.15) is 0 Å². The molecular weight excluding hydrogens is 292 g/mol. The van der Waals surface area contributed by atoms with Gasteiger partial charge in [-0.3, -0.25) is 9.59 Å². The molecule has 112 valence electrons. The smallest absolute Gasteiger partial charge is 0.303 e. The first-order valence-corrected chi connectivity index (χ1v) is 7.37. The number of nitrogens with zero attached hydrogens (tertiary/aromatic N) is 2. The summed E-state index contributed by atoms with van der Waals surface area (Å²) < 4.78 is 5.00. The molecule has 1 N–H and O–H groups in total. The number of carboxylic acid groups (broad SMARTS) is 1. The van der Waals surface area contributed by atoms with Gasteiger partial charge < -0.3 is 14.4 Å². The van der Waals surface area contributed by atoms with E-state index >= 15 is 0 Å². The number of thiazole rings is 1. The van der Waals surface area contributed by atoms with Gasteiger partial charge in [0.15, 0.2) is 0 Å². The van der Waals surface area contributed by atoms with Crippen molar-refractivity contribution < 1.29 is 19.1 Å². The zero-order valence-corrected chi connectivity index (χ0v) is 12.4. The Hall–Kier alpha value is -2.15. The molecular formula is C14H16N2O4S. The summed E-state index contributed by atoms with van der Waals surface area (Å²) in [4.78, 5) is 28.4. The van der Waals surface area contributed by atoms with Gasteiger partial charge in [0.25, 0.3) is 0 Å². The predicted octanol–water partition coefficient (Wildman–Crippen LogP) is 2.27. The van der Waals surface area contributed by atoms with Gasteiger partial charge in [0.1, 0.15) is 11.3 Å². The Bertz CT molecular complexity index is 606. The summed E-state index contributed by atoms with van der Waals surface area (Å²) in [5, 5.41) is 11.2. The van der Waals surface area contributed by atoms with Crippen molar-refractivity contribution in [2.45, 2.75) is 19.3 Å². The molecule has 6 nitrogen and oxygen atoms in total. The van der Waals surface area contributed by atoms with E-state index in [1.54, 1.807) is 24.5 Å². The fourth-order valence-electron chi connectivity index (χ4n) is 1.79. The molecule has 21 heavy (non-hydrogen) atoms. The topological polar surface area (TPSA) is 83.6 Å². The van der Waals surface area contributed by atoms with Gasteiger partial charge in [0.2, 0.25) is 5.91 Å². The Kier molecular flexibility index (Phi) is 5.10. The second kappa shape index (κ2) is 7.03.